The monoisotopic (exact) mass is 557 g/mol. The Hall–Kier alpha value is -0.350. The van der Waals surface area contributed by atoms with Gasteiger partial charge in [0, 0.05) is 22.3 Å². The molecule has 1 aliphatic carbocycles. The number of nitrogens with one attached hydrogen (secondary N) is 2. The second-order valence-corrected chi connectivity index (χ2v) is 8.00. The Morgan fingerprint density at radius 3 is 2.54 bits per heavy atom. The molecule has 0 heterocycles. The molecule has 2 atom stereocenters. The fourth-order valence-corrected chi connectivity index (χ4v) is 4.22. The first-order chi connectivity index (χ1) is 12.1. The molecule has 2 unspecified atom stereocenters. The highest BCUT2D eigenvalue weighted by molar-refractivity contribution is 14.0. The molecule has 148 valence electrons. The van der Waals surface area contributed by atoms with Crippen molar-refractivity contribution in [3.63, 3.8) is 0 Å². The average Bonchev–Trinajstić information content (AvgIpc) is 3.08. The van der Waals surface area contributed by atoms with Crippen LogP contribution in [0.3, 0.4) is 0 Å². The van der Waals surface area contributed by atoms with Crippen LogP contribution in [0.15, 0.2) is 21.6 Å². The Bertz CT molecular complexity index is 604. The number of thioether (sulfide) groups is 1. The Labute approximate surface area is 186 Å². The van der Waals surface area contributed by atoms with Gasteiger partial charge in [0.05, 0.1) is 20.8 Å². The lowest BCUT2D eigenvalue weighted by molar-refractivity contribution is 0.354. The maximum absolute atomic E-state index is 5.39. The van der Waals surface area contributed by atoms with Crippen molar-refractivity contribution in [2.45, 2.75) is 44.0 Å². The molecule has 26 heavy (non-hydrogen) atoms. The molecule has 5 nitrogen and oxygen atoms in total. The second kappa shape index (κ2) is 12.2. The molecule has 1 fully saturated rings. The lowest BCUT2D eigenvalue weighted by Gasteiger charge is -2.17. The van der Waals surface area contributed by atoms with Crippen LogP contribution >= 0.6 is 51.7 Å². The molecular weight excluding hydrogens is 529 g/mol. The molecule has 1 aliphatic rings. The molecule has 1 aromatic rings. The van der Waals surface area contributed by atoms with E-state index in [9.17, 15) is 0 Å². The van der Waals surface area contributed by atoms with Crippen LogP contribution in [0.1, 0.15) is 31.7 Å². The molecular formula is C18H29BrIN3O2S. The van der Waals surface area contributed by atoms with Gasteiger partial charge in [-0.1, -0.05) is 15.9 Å². The van der Waals surface area contributed by atoms with Gasteiger partial charge in [0.15, 0.2) is 17.5 Å². The summed E-state index contributed by atoms with van der Waals surface area (Å²) in [4.78, 5) is 4.75. The number of aliphatic imine (C=N–C) groups is 1. The number of rotatable bonds is 7. The van der Waals surface area contributed by atoms with Gasteiger partial charge in [-0.05, 0) is 50.1 Å². The van der Waals surface area contributed by atoms with Crippen LogP contribution in [0.4, 0.5) is 0 Å². The number of ether oxygens (including phenoxy) is 2. The van der Waals surface area contributed by atoms with E-state index in [1.165, 1.54) is 19.3 Å². The van der Waals surface area contributed by atoms with Crippen LogP contribution in [-0.4, -0.2) is 44.3 Å². The van der Waals surface area contributed by atoms with Crippen LogP contribution in [0, 0.1) is 0 Å². The van der Waals surface area contributed by atoms with Crippen molar-refractivity contribution in [1.29, 1.82) is 0 Å². The van der Waals surface area contributed by atoms with Gasteiger partial charge >= 0.3 is 0 Å². The van der Waals surface area contributed by atoms with Gasteiger partial charge in [-0.2, -0.15) is 11.8 Å². The van der Waals surface area contributed by atoms with Crippen LogP contribution in [0.5, 0.6) is 11.5 Å². The smallest absolute Gasteiger partial charge is 0.191 e. The van der Waals surface area contributed by atoms with Gasteiger partial charge < -0.3 is 20.1 Å². The number of guanidine groups is 1. The fourth-order valence-electron chi connectivity index (χ4n) is 2.98. The van der Waals surface area contributed by atoms with Gasteiger partial charge in [0.1, 0.15) is 0 Å². The summed E-state index contributed by atoms with van der Waals surface area (Å²) >= 11 is 5.56. The lowest BCUT2D eigenvalue weighted by Crippen LogP contribution is -2.42. The molecule has 0 bridgehead atoms. The zero-order valence-corrected chi connectivity index (χ0v) is 20.5. The lowest BCUT2D eigenvalue weighted by atomic mass is 10.2. The molecule has 8 heteroatoms. The van der Waals surface area contributed by atoms with E-state index in [2.05, 4.69) is 39.7 Å². The van der Waals surface area contributed by atoms with Crippen molar-refractivity contribution >= 4 is 57.6 Å². The minimum absolute atomic E-state index is 0. The first-order valence-corrected chi connectivity index (χ1v) is 10.7. The van der Waals surface area contributed by atoms with Crippen molar-refractivity contribution < 1.29 is 9.47 Å². The number of methoxy groups -OCH3 is 2. The second-order valence-electron chi connectivity index (χ2n) is 6.01. The summed E-state index contributed by atoms with van der Waals surface area (Å²) in [5.74, 6) is 2.30. The maximum atomic E-state index is 5.39. The van der Waals surface area contributed by atoms with Crippen LogP contribution in [-0.2, 0) is 6.54 Å². The maximum Gasteiger partial charge on any atom is 0.191 e. The first-order valence-electron chi connectivity index (χ1n) is 8.59. The Kier molecular flexibility index (Phi) is 11.1. The predicted octanol–water partition coefficient (Wildman–Crippen LogP) is 4.42. The molecule has 2 rings (SSSR count). The van der Waals surface area contributed by atoms with Crippen LogP contribution < -0.4 is 20.1 Å². The Morgan fingerprint density at radius 2 is 1.96 bits per heavy atom. The highest BCUT2D eigenvalue weighted by Gasteiger charge is 2.24. The number of nitrogens with zero attached hydrogens (tertiary/aromatic N) is 1. The third-order valence-electron chi connectivity index (χ3n) is 4.36. The molecule has 0 spiro atoms. The van der Waals surface area contributed by atoms with E-state index < -0.39 is 0 Å². The number of benzene rings is 1. The van der Waals surface area contributed by atoms with Gasteiger partial charge in [0.25, 0.3) is 0 Å². The van der Waals surface area contributed by atoms with Crippen LogP contribution in [0.25, 0.3) is 0 Å². The molecule has 1 saturated carbocycles. The summed E-state index contributed by atoms with van der Waals surface area (Å²) in [5.41, 5.74) is 1.06. The SMILES string of the molecule is CCNC(=NCc1cc(OC)c(OC)cc1Br)NC1CCC(SC)C1.I. The van der Waals surface area contributed by atoms with Crippen molar-refractivity contribution in [2.24, 2.45) is 4.99 Å². The van der Waals surface area contributed by atoms with Gasteiger partial charge in [-0.25, -0.2) is 4.99 Å². The van der Waals surface area contributed by atoms with E-state index in [1.807, 2.05) is 23.9 Å². The van der Waals surface area contributed by atoms with E-state index in [-0.39, 0.29) is 24.0 Å². The molecule has 0 saturated heterocycles. The number of hydrogen-bond acceptors (Lipinski definition) is 4. The zero-order valence-electron chi connectivity index (χ0n) is 15.8. The molecule has 2 N–H and O–H groups in total. The zero-order chi connectivity index (χ0) is 18.2. The van der Waals surface area contributed by atoms with E-state index in [0.29, 0.717) is 24.1 Å². The summed E-state index contributed by atoms with van der Waals surface area (Å²) in [5, 5.41) is 7.68. The van der Waals surface area contributed by atoms with Crippen molar-refractivity contribution in [1.82, 2.24) is 10.6 Å². The molecule has 0 radical (unpaired) electrons. The van der Waals surface area contributed by atoms with Crippen molar-refractivity contribution in [3.05, 3.63) is 22.2 Å². The normalized spacial score (nSPS) is 19.7. The van der Waals surface area contributed by atoms with Crippen molar-refractivity contribution in [3.8, 4) is 11.5 Å². The topological polar surface area (TPSA) is 54.9 Å². The number of halogens is 2. The summed E-state index contributed by atoms with van der Waals surface area (Å²) in [7, 11) is 3.28. The third-order valence-corrected chi connectivity index (χ3v) is 6.20. The van der Waals surface area contributed by atoms with E-state index in [1.54, 1.807) is 14.2 Å². The summed E-state index contributed by atoms with van der Waals surface area (Å²) in [6.45, 7) is 3.50. The summed E-state index contributed by atoms with van der Waals surface area (Å²) in [6, 6.07) is 4.39. The highest BCUT2D eigenvalue weighted by Crippen LogP contribution is 2.33. The van der Waals surface area contributed by atoms with Gasteiger partial charge in [-0.15, -0.1) is 24.0 Å². The highest BCUT2D eigenvalue weighted by atomic mass is 127. The fraction of sp³-hybridized carbons (Fsp3) is 0.611. The minimum atomic E-state index is 0. The Morgan fingerprint density at radius 1 is 1.27 bits per heavy atom. The van der Waals surface area contributed by atoms with Crippen molar-refractivity contribution in [2.75, 3.05) is 27.0 Å². The third kappa shape index (κ3) is 6.67. The summed E-state index contributed by atoms with van der Waals surface area (Å²) in [6.07, 6.45) is 5.88. The average molecular weight is 558 g/mol. The molecule has 0 aromatic heterocycles. The minimum Gasteiger partial charge on any atom is -0.493 e. The Balaban J connectivity index is 0.00000338. The largest absolute Gasteiger partial charge is 0.493 e. The molecule has 1 aromatic carbocycles. The molecule has 0 aliphatic heterocycles. The van der Waals surface area contributed by atoms with E-state index >= 15 is 0 Å². The molecule has 0 amide bonds. The quantitative estimate of drug-likeness (QED) is 0.295. The standard InChI is InChI=1S/C18H28BrN3O2S.HI/c1-5-20-18(22-13-6-7-14(9-13)25-4)21-11-12-8-16(23-2)17(24-3)10-15(12)19;/h8,10,13-14H,5-7,9,11H2,1-4H3,(H2,20,21,22);1H. The van der Waals surface area contributed by atoms with Crippen LogP contribution in [0.2, 0.25) is 0 Å². The predicted molar refractivity (Wildman–Crippen MR) is 126 cm³/mol. The van der Waals surface area contributed by atoms with E-state index in [4.69, 9.17) is 14.5 Å². The van der Waals surface area contributed by atoms with Gasteiger partial charge in [0.2, 0.25) is 0 Å². The van der Waals surface area contributed by atoms with E-state index in [0.717, 1.165) is 27.8 Å². The first kappa shape index (κ1) is 23.7. The van der Waals surface area contributed by atoms with Gasteiger partial charge in [-0.3, -0.25) is 0 Å². The summed E-state index contributed by atoms with van der Waals surface area (Å²) < 4.78 is 11.7. The number of hydrogen-bond donors (Lipinski definition) is 2.